The van der Waals surface area contributed by atoms with Gasteiger partial charge in [0, 0.05) is 6.61 Å². The van der Waals surface area contributed by atoms with Gasteiger partial charge in [-0.25, -0.2) is 4.79 Å². The second-order valence-corrected chi connectivity index (χ2v) is 3.80. The summed E-state index contributed by atoms with van der Waals surface area (Å²) in [5.74, 6) is -1.31. The number of nitrogens with two attached hydrogens (primary N) is 1. The molecule has 0 aliphatic carbocycles. The van der Waals surface area contributed by atoms with Gasteiger partial charge >= 0.3 is 5.97 Å². The molecule has 0 aromatic heterocycles. The summed E-state index contributed by atoms with van der Waals surface area (Å²) >= 11 is 4.99. The van der Waals surface area contributed by atoms with Gasteiger partial charge in [-0.2, -0.15) is 0 Å². The Morgan fingerprint density at radius 3 is 2.72 bits per heavy atom. The van der Waals surface area contributed by atoms with Gasteiger partial charge in [-0.05, 0) is 24.1 Å². The van der Waals surface area contributed by atoms with Crippen molar-refractivity contribution in [2.75, 3.05) is 6.61 Å². The average Bonchev–Trinajstić information content (AvgIpc) is 2.38. The normalized spacial score (nSPS) is 11.9. The van der Waals surface area contributed by atoms with Crippen molar-refractivity contribution in [2.45, 2.75) is 19.4 Å². The summed E-state index contributed by atoms with van der Waals surface area (Å²) in [5, 5.41) is 0. The molecular weight excluding hydrogens is 258 g/mol. The first-order valence-electron chi connectivity index (χ1n) is 5.44. The van der Waals surface area contributed by atoms with E-state index in [1.165, 1.54) is 12.1 Å². The van der Waals surface area contributed by atoms with Gasteiger partial charge in [-0.1, -0.05) is 19.1 Å². The molecule has 6 heteroatoms. The highest BCUT2D eigenvalue weighted by Crippen LogP contribution is 2.19. The monoisotopic (exact) mass is 271 g/mol. The van der Waals surface area contributed by atoms with E-state index >= 15 is 0 Å². The van der Waals surface area contributed by atoms with Gasteiger partial charge in [0.25, 0.3) is 5.91 Å². The average molecular weight is 272 g/mol. The molecule has 2 N–H and O–H groups in total. The third-order valence-corrected chi connectivity index (χ3v) is 2.38. The Bertz CT molecular complexity index is 436. The molecule has 1 unspecified atom stereocenters. The molecule has 1 amide bonds. The van der Waals surface area contributed by atoms with E-state index in [1.54, 1.807) is 12.1 Å². The molecule has 1 aromatic carbocycles. The lowest BCUT2D eigenvalue weighted by atomic mass is 10.1. The lowest BCUT2D eigenvalue weighted by molar-refractivity contribution is -0.129. The van der Waals surface area contributed by atoms with Gasteiger partial charge in [0.15, 0.2) is 6.10 Å². The first-order chi connectivity index (χ1) is 8.60. The number of hydrogen-bond donors (Lipinski definition) is 1. The molecule has 0 fully saturated rings. The van der Waals surface area contributed by atoms with Crippen LogP contribution in [0.1, 0.15) is 35.4 Å². The fourth-order valence-electron chi connectivity index (χ4n) is 1.45. The molecule has 0 heterocycles. The Hall–Kier alpha value is -1.59. The first-order valence-corrected chi connectivity index (χ1v) is 5.74. The lowest BCUT2D eigenvalue weighted by Gasteiger charge is -2.14. The number of hydrogen-bond acceptors (Lipinski definition) is 4. The van der Waals surface area contributed by atoms with E-state index in [2.05, 4.69) is 4.29 Å². The quantitative estimate of drug-likeness (QED) is 0.858. The standard InChI is InChI=1S/C12H14ClNO4/c1-2-6-17-10(11(14)15)8-4-3-5-9(7-8)12(16)18-13/h3-5,7,10H,2,6H2,1H3,(H2,14,15). The molecule has 5 nitrogen and oxygen atoms in total. The van der Waals surface area contributed by atoms with E-state index in [1.807, 2.05) is 6.92 Å². The van der Waals surface area contributed by atoms with Gasteiger partial charge in [0.2, 0.25) is 0 Å². The van der Waals surface area contributed by atoms with Crippen LogP contribution in [0.4, 0.5) is 0 Å². The Morgan fingerprint density at radius 1 is 1.44 bits per heavy atom. The summed E-state index contributed by atoms with van der Waals surface area (Å²) in [6, 6.07) is 6.24. The number of amides is 1. The van der Waals surface area contributed by atoms with Gasteiger partial charge in [0.1, 0.15) is 11.9 Å². The maximum atomic E-state index is 11.3. The summed E-state index contributed by atoms with van der Waals surface area (Å²) in [5.41, 5.74) is 5.99. The van der Waals surface area contributed by atoms with Crippen molar-refractivity contribution in [2.24, 2.45) is 5.73 Å². The molecule has 1 atom stereocenters. The van der Waals surface area contributed by atoms with Crippen LogP contribution >= 0.6 is 11.9 Å². The second kappa shape index (κ2) is 6.98. The van der Waals surface area contributed by atoms with Crippen LogP contribution in [0.15, 0.2) is 24.3 Å². The Labute approximate surface area is 110 Å². The van der Waals surface area contributed by atoms with Gasteiger partial charge in [-0.3, -0.25) is 4.79 Å². The van der Waals surface area contributed by atoms with Crippen molar-refractivity contribution in [3.63, 3.8) is 0 Å². The first kappa shape index (κ1) is 14.5. The van der Waals surface area contributed by atoms with Crippen LogP contribution in [0.5, 0.6) is 0 Å². The van der Waals surface area contributed by atoms with Crippen LogP contribution in [-0.4, -0.2) is 18.5 Å². The largest absolute Gasteiger partial charge is 0.367 e. The number of benzene rings is 1. The van der Waals surface area contributed by atoms with Crippen LogP contribution in [0.25, 0.3) is 0 Å². The summed E-state index contributed by atoms with van der Waals surface area (Å²) in [4.78, 5) is 22.6. The van der Waals surface area contributed by atoms with Crippen molar-refractivity contribution in [1.29, 1.82) is 0 Å². The van der Waals surface area contributed by atoms with E-state index < -0.39 is 18.0 Å². The molecule has 0 bridgehead atoms. The Balaban J connectivity index is 2.97. The SMILES string of the molecule is CCCOC(C(N)=O)c1cccc(C(=O)OCl)c1. The topological polar surface area (TPSA) is 78.6 Å². The minimum Gasteiger partial charge on any atom is -0.367 e. The van der Waals surface area contributed by atoms with Crippen LogP contribution in [0.2, 0.25) is 0 Å². The molecule has 1 rings (SSSR count). The zero-order valence-electron chi connectivity index (χ0n) is 9.89. The minimum absolute atomic E-state index is 0.230. The van der Waals surface area contributed by atoms with Crippen LogP contribution < -0.4 is 5.73 Å². The number of primary amides is 1. The van der Waals surface area contributed by atoms with Crippen LogP contribution in [0.3, 0.4) is 0 Å². The molecule has 0 saturated heterocycles. The molecular formula is C12H14ClNO4. The van der Waals surface area contributed by atoms with Gasteiger partial charge in [0.05, 0.1) is 5.56 Å². The third-order valence-electron chi connectivity index (χ3n) is 2.24. The Kier molecular flexibility index (Phi) is 5.61. The van der Waals surface area contributed by atoms with Crippen LogP contribution in [-0.2, 0) is 13.8 Å². The highest BCUT2D eigenvalue weighted by Gasteiger charge is 2.19. The fourth-order valence-corrected chi connectivity index (χ4v) is 1.54. The summed E-state index contributed by atoms with van der Waals surface area (Å²) < 4.78 is 9.44. The third kappa shape index (κ3) is 3.72. The van der Waals surface area contributed by atoms with Gasteiger partial charge < -0.3 is 14.8 Å². The molecule has 0 saturated carbocycles. The summed E-state index contributed by atoms with van der Waals surface area (Å²) in [7, 11) is 0. The fraction of sp³-hybridized carbons (Fsp3) is 0.333. The van der Waals surface area contributed by atoms with Crippen molar-refractivity contribution >= 4 is 23.7 Å². The highest BCUT2D eigenvalue weighted by molar-refractivity contribution is 6.15. The zero-order valence-corrected chi connectivity index (χ0v) is 10.6. The van der Waals surface area contributed by atoms with Crippen molar-refractivity contribution < 1.29 is 18.6 Å². The number of rotatable bonds is 6. The van der Waals surface area contributed by atoms with E-state index in [-0.39, 0.29) is 5.56 Å². The molecule has 0 spiro atoms. The predicted molar refractivity (Wildman–Crippen MR) is 65.9 cm³/mol. The summed E-state index contributed by atoms with van der Waals surface area (Å²) in [6.07, 6.45) is -0.124. The number of carbonyl (C=O) groups is 2. The maximum Gasteiger partial charge on any atom is 0.356 e. The summed E-state index contributed by atoms with van der Waals surface area (Å²) in [6.45, 7) is 2.32. The van der Waals surface area contributed by atoms with Crippen molar-refractivity contribution in [3.8, 4) is 0 Å². The predicted octanol–water partition coefficient (Wildman–Crippen LogP) is 1.95. The lowest BCUT2D eigenvalue weighted by Crippen LogP contribution is -2.24. The highest BCUT2D eigenvalue weighted by atomic mass is 35.5. The molecule has 0 aliphatic heterocycles. The molecule has 1 aromatic rings. The number of ether oxygens (including phenoxy) is 1. The van der Waals surface area contributed by atoms with Crippen molar-refractivity contribution in [1.82, 2.24) is 0 Å². The van der Waals surface area contributed by atoms with E-state index in [0.29, 0.717) is 12.2 Å². The van der Waals surface area contributed by atoms with Gasteiger partial charge in [-0.15, -0.1) is 0 Å². The van der Waals surface area contributed by atoms with E-state index in [0.717, 1.165) is 6.42 Å². The second-order valence-electron chi connectivity index (χ2n) is 3.64. The van der Waals surface area contributed by atoms with E-state index in [9.17, 15) is 9.59 Å². The number of halogens is 1. The molecule has 0 radical (unpaired) electrons. The van der Waals surface area contributed by atoms with Crippen molar-refractivity contribution in [3.05, 3.63) is 35.4 Å². The molecule has 0 aliphatic rings. The molecule has 18 heavy (non-hydrogen) atoms. The number of carbonyl (C=O) groups excluding carboxylic acids is 2. The van der Waals surface area contributed by atoms with E-state index in [4.69, 9.17) is 22.3 Å². The Morgan fingerprint density at radius 2 is 2.17 bits per heavy atom. The zero-order chi connectivity index (χ0) is 13.5. The maximum absolute atomic E-state index is 11.3. The minimum atomic E-state index is -0.881. The van der Waals surface area contributed by atoms with Crippen LogP contribution in [0, 0.1) is 0 Å². The molecule has 98 valence electrons. The smallest absolute Gasteiger partial charge is 0.356 e.